The average Bonchev–Trinajstić information content (AvgIpc) is 3.61. The number of unbranched alkanes of at least 4 members (excludes halogenated alkanes) is 1. The summed E-state index contributed by atoms with van der Waals surface area (Å²) in [5.74, 6) is 0.460. The number of amides is 4. The number of phenolic OH excluding ortho intramolecular Hbond substituents is 1. The van der Waals surface area contributed by atoms with Gasteiger partial charge in [-0.05, 0) is 93.6 Å². The minimum atomic E-state index is -0.348. The Morgan fingerprint density at radius 3 is 2.55 bits per heavy atom. The molecule has 12 nitrogen and oxygen atoms in total. The minimum absolute atomic E-state index is 0.0731. The van der Waals surface area contributed by atoms with Crippen LogP contribution in [0.2, 0.25) is 5.02 Å². The van der Waals surface area contributed by atoms with E-state index >= 15 is 0 Å². The maximum absolute atomic E-state index is 12.5. The lowest BCUT2D eigenvalue weighted by atomic mass is 9.95. The number of likely N-dealkylation sites (tertiary alicyclic amines) is 1. The van der Waals surface area contributed by atoms with E-state index in [1.807, 2.05) is 24.3 Å². The molecule has 1 saturated carbocycles. The van der Waals surface area contributed by atoms with E-state index in [4.69, 9.17) is 26.7 Å². The number of piperidine rings is 1. The Kier molecular flexibility index (Phi) is 12.8. The van der Waals surface area contributed by atoms with E-state index in [2.05, 4.69) is 43.4 Å². The predicted molar refractivity (Wildman–Crippen MR) is 203 cm³/mol. The molecule has 3 fully saturated rings. The number of urea groups is 1. The van der Waals surface area contributed by atoms with Crippen LogP contribution in [0.3, 0.4) is 0 Å². The lowest BCUT2D eigenvalue weighted by molar-refractivity contribution is -0.120. The van der Waals surface area contributed by atoms with E-state index in [9.17, 15) is 14.4 Å². The van der Waals surface area contributed by atoms with Crippen molar-refractivity contribution in [3.8, 4) is 17.6 Å². The first-order valence-electron chi connectivity index (χ1n) is 18.5. The molecule has 3 aliphatic rings. The number of aromatic hydroxyl groups is 1. The van der Waals surface area contributed by atoms with Crippen LogP contribution in [0.5, 0.6) is 11.5 Å². The second-order valence-corrected chi connectivity index (χ2v) is 14.2. The first kappa shape index (κ1) is 37.6. The normalized spacial score (nSPS) is 17.1. The number of anilines is 1. The molecule has 13 heteroatoms. The largest absolute Gasteiger partial charge is 0.508 e. The highest BCUT2D eigenvalue weighted by Crippen LogP contribution is 2.33. The lowest BCUT2D eigenvalue weighted by Gasteiger charge is -2.33. The summed E-state index contributed by atoms with van der Waals surface area (Å²) in [6.45, 7) is 4.19. The van der Waals surface area contributed by atoms with E-state index in [0.717, 1.165) is 74.7 Å². The van der Waals surface area contributed by atoms with Crippen LogP contribution in [-0.2, 0) is 4.79 Å². The molecule has 53 heavy (non-hydrogen) atoms. The summed E-state index contributed by atoms with van der Waals surface area (Å²) in [6, 6.07) is 18.2. The highest BCUT2D eigenvalue weighted by molar-refractivity contribution is 6.31. The van der Waals surface area contributed by atoms with Gasteiger partial charge in [-0.3, -0.25) is 19.8 Å². The number of hydrogen-bond acceptors (Lipinski definition) is 8. The van der Waals surface area contributed by atoms with Crippen LogP contribution in [-0.4, -0.2) is 76.2 Å². The Morgan fingerprint density at radius 1 is 1.02 bits per heavy atom. The van der Waals surface area contributed by atoms with Crippen molar-refractivity contribution in [2.75, 3.05) is 37.7 Å². The van der Waals surface area contributed by atoms with Gasteiger partial charge in [0.25, 0.3) is 5.91 Å². The van der Waals surface area contributed by atoms with Crippen LogP contribution in [0.15, 0.2) is 67.0 Å². The third-order valence-corrected chi connectivity index (χ3v) is 10.5. The third kappa shape index (κ3) is 9.86. The number of phenols is 1. The summed E-state index contributed by atoms with van der Waals surface area (Å²) in [5, 5.41) is 24.1. The molecule has 2 aromatic carbocycles. The zero-order chi connectivity index (χ0) is 37.2. The number of benzene rings is 2. The van der Waals surface area contributed by atoms with Gasteiger partial charge in [0.2, 0.25) is 5.91 Å². The molecule has 0 bridgehead atoms. The number of pyridine rings is 1. The van der Waals surface area contributed by atoms with Gasteiger partial charge in [0.1, 0.15) is 23.3 Å². The second kappa shape index (κ2) is 18.1. The lowest BCUT2D eigenvalue weighted by Crippen LogP contribution is -2.49. The van der Waals surface area contributed by atoms with Crippen LogP contribution < -0.4 is 20.3 Å². The SMILES string of the molecule is N#Cc1ccc(O)cc1Cl.O=C1CCN(c2cccc3c2ccn3C2CCN(CCCCOc3ccc(C(=O)NC4CCCCC4)nc3)CC2)C(=O)N1. The quantitative estimate of drug-likeness (QED) is 0.148. The number of imide groups is 1. The molecule has 4 heterocycles. The summed E-state index contributed by atoms with van der Waals surface area (Å²) in [5.41, 5.74) is 2.80. The van der Waals surface area contributed by atoms with Crippen molar-refractivity contribution in [1.82, 2.24) is 25.1 Å². The first-order valence-corrected chi connectivity index (χ1v) is 18.9. The van der Waals surface area contributed by atoms with E-state index < -0.39 is 0 Å². The molecule has 0 unspecified atom stereocenters. The van der Waals surface area contributed by atoms with Crippen molar-refractivity contribution in [3.63, 3.8) is 0 Å². The topological polar surface area (TPSA) is 153 Å². The molecule has 2 saturated heterocycles. The van der Waals surface area contributed by atoms with Gasteiger partial charge in [-0.1, -0.05) is 36.9 Å². The van der Waals surface area contributed by atoms with Gasteiger partial charge < -0.3 is 24.6 Å². The molecule has 1 aliphatic carbocycles. The van der Waals surface area contributed by atoms with Crippen molar-refractivity contribution in [2.45, 2.75) is 76.3 Å². The molecule has 2 aliphatic heterocycles. The fourth-order valence-electron chi connectivity index (χ4n) is 7.27. The number of carbonyl (C=O) groups is 3. The van der Waals surface area contributed by atoms with E-state index in [1.54, 1.807) is 17.2 Å². The van der Waals surface area contributed by atoms with Crippen LogP contribution in [0.4, 0.5) is 10.5 Å². The molecule has 7 rings (SSSR count). The highest BCUT2D eigenvalue weighted by Gasteiger charge is 2.27. The maximum atomic E-state index is 12.5. The number of hydrogen-bond donors (Lipinski definition) is 3. The molecular formula is C40H46ClN7O5. The summed E-state index contributed by atoms with van der Waals surface area (Å²) < 4.78 is 8.25. The number of carbonyl (C=O) groups excluding carboxylic acids is 3. The third-order valence-electron chi connectivity index (χ3n) is 10.2. The van der Waals surface area contributed by atoms with Gasteiger partial charge in [-0.2, -0.15) is 5.26 Å². The van der Waals surface area contributed by atoms with E-state index in [-0.39, 0.29) is 34.7 Å². The molecule has 2 aromatic heterocycles. The smallest absolute Gasteiger partial charge is 0.328 e. The Bertz CT molecular complexity index is 1930. The van der Waals surface area contributed by atoms with Crippen molar-refractivity contribution >= 4 is 46.0 Å². The summed E-state index contributed by atoms with van der Waals surface area (Å²) in [7, 11) is 0. The number of fused-ring (bicyclic) bond motifs is 1. The molecule has 278 valence electrons. The van der Waals surface area contributed by atoms with Crippen LogP contribution in [0.25, 0.3) is 10.9 Å². The zero-order valence-electron chi connectivity index (χ0n) is 29.8. The van der Waals surface area contributed by atoms with Crippen molar-refractivity contribution in [1.29, 1.82) is 5.26 Å². The second-order valence-electron chi connectivity index (χ2n) is 13.8. The number of rotatable bonds is 10. The number of nitrogens with zero attached hydrogens (tertiary/aromatic N) is 5. The molecule has 4 aromatic rings. The summed E-state index contributed by atoms with van der Waals surface area (Å²) in [4.78, 5) is 45.0. The Hall–Kier alpha value is -5.12. The average molecular weight is 740 g/mol. The predicted octanol–water partition coefficient (Wildman–Crippen LogP) is 6.96. The van der Waals surface area contributed by atoms with E-state index in [0.29, 0.717) is 42.6 Å². The fraction of sp³-hybridized carbons (Fsp3) is 0.425. The number of ether oxygens (including phenoxy) is 1. The number of nitriles is 1. The molecule has 0 radical (unpaired) electrons. The van der Waals surface area contributed by atoms with Gasteiger partial charge in [0, 0.05) is 49.7 Å². The summed E-state index contributed by atoms with van der Waals surface area (Å²) in [6.07, 6.45) is 14.0. The number of aromatic nitrogens is 2. The Labute approximate surface area is 314 Å². The van der Waals surface area contributed by atoms with Gasteiger partial charge in [0.05, 0.1) is 34.6 Å². The molecule has 0 spiro atoms. The Balaban J connectivity index is 0.000000417. The number of nitrogens with one attached hydrogen (secondary N) is 2. The standard InChI is InChI=1S/C33H42N6O4.C7H4ClNO/c40-31-16-21-39(33(42)36-31)30-10-6-9-29-27(30)15-20-38(29)25-13-18-37(19-14-25)17-4-5-22-43-26-11-12-28(34-23-26)32(41)35-24-7-2-1-3-8-24;8-7-3-6(10)2-1-5(7)4-9/h6,9-12,15,20,23-25H,1-5,7-8,13-14,16-19,21-22H2,(H,35,41)(H,36,40,42);1-3,10H. The zero-order valence-corrected chi connectivity index (χ0v) is 30.6. The maximum Gasteiger partial charge on any atom is 0.328 e. The molecule has 3 N–H and O–H groups in total. The van der Waals surface area contributed by atoms with Crippen molar-refractivity contribution < 1.29 is 24.2 Å². The molecule has 4 amide bonds. The first-order chi connectivity index (χ1) is 25.8. The number of halogens is 1. The molecule has 0 atom stereocenters. The summed E-state index contributed by atoms with van der Waals surface area (Å²) >= 11 is 5.55. The Morgan fingerprint density at radius 2 is 1.83 bits per heavy atom. The van der Waals surface area contributed by atoms with Crippen molar-refractivity contribution in [3.05, 3.63) is 83.3 Å². The highest BCUT2D eigenvalue weighted by atomic mass is 35.5. The van der Waals surface area contributed by atoms with Gasteiger partial charge in [0.15, 0.2) is 0 Å². The van der Waals surface area contributed by atoms with Crippen molar-refractivity contribution in [2.24, 2.45) is 0 Å². The van der Waals surface area contributed by atoms with Gasteiger partial charge in [-0.15, -0.1) is 0 Å². The van der Waals surface area contributed by atoms with E-state index in [1.165, 1.54) is 37.5 Å². The fourth-order valence-corrected chi connectivity index (χ4v) is 7.49. The molecular weight excluding hydrogens is 694 g/mol. The van der Waals surface area contributed by atoms with Gasteiger partial charge >= 0.3 is 6.03 Å². The monoisotopic (exact) mass is 739 g/mol. The van der Waals surface area contributed by atoms with Crippen LogP contribution >= 0.6 is 11.6 Å². The van der Waals surface area contributed by atoms with Gasteiger partial charge in [-0.25, -0.2) is 9.78 Å². The minimum Gasteiger partial charge on any atom is -0.508 e. The van der Waals surface area contributed by atoms with Crippen LogP contribution in [0.1, 0.15) is 86.3 Å². The van der Waals surface area contributed by atoms with Crippen LogP contribution in [0, 0.1) is 11.3 Å².